The molecule has 19 heavy (non-hydrogen) atoms. The minimum Gasteiger partial charge on any atom is -0.374 e. The van der Waals surface area contributed by atoms with Gasteiger partial charge in [0, 0.05) is 24.2 Å². The number of thioether (sulfide) groups is 1. The number of ether oxygens (including phenoxy) is 1. The fourth-order valence-corrected chi connectivity index (χ4v) is 5.65. The molecule has 0 amide bonds. The van der Waals surface area contributed by atoms with E-state index in [2.05, 4.69) is 13.8 Å². The lowest BCUT2D eigenvalue weighted by Crippen LogP contribution is -2.44. The Morgan fingerprint density at radius 1 is 1.26 bits per heavy atom. The molecule has 1 spiro atoms. The quantitative estimate of drug-likeness (QED) is 0.773. The van der Waals surface area contributed by atoms with Gasteiger partial charge in [-0.25, -0.2) is 0 Å². The predicted octanol–water partition coefficient (Wildman–Crippen LogP) is 3.68. The first-order valence-corrected chi connectivity index (χ1v) is 8.93. The van der Waals surface area contributed by atoms with Gasteiger partial charge in [0.05, 0.1) is 5.60 Å². The average molecular weight is 282 g/mol. The van der Waals surface area contributed by atoms with E-state index in [-0.39, 0.29) is 16.9 Å². The van der Waals surface area contributed by atoms with Crippen molar-refractivity contribution in [2.24, 2.45) is 17.3 Å². The largest absolute Gasteiger partial charge is 0.374 e. The molecule has 3 atom stereocenters. The lowest BCUT2D eigenvalue weighted by atomic mass is 9.72. The molecule has 2 aliphatic heterocycles. The molecule has 0 aromatic heterocycles. The third-order valence-electron chi connectivity index (χ3n) is 5.56. The Balaban J connectivity index is 1.70. The lowest BCUT2D eigenvalue weighted by molar-refractivity contribution is -0.140. The van der Waals surface area contributed by atoms with E-state index in [0.717, 1.165) is 38.0 Å². The summed E-state index contributed by atoms with van der Waals surface area (Å²) < 4.78 is 6.05. The Morgan fingerprint density at radius 3 is 2.74 bits per heavy atom. The van der Waals surface area contributed by atoms with Crippen molar-refractivity contribution in [3.8, 4) is 0 Å². The summed E-state index contributed by atoms with van der Waals surface area (Å²) in [4.78, 5) is 12.9. The summed E-state index contributed by atoms with van der Waals surface area (Å²) in [5.41, 5.74) is 0.277. The van der Waals surface area contributed by atoms with Crippen LogP contribution in [0.4, 0.5) is 0 Å². The van der Waals surface area contributed by atoms with E-state index < -0.39 is 0 Å². The molecule has 0 aromatic rings. The van der Waals surface area contributed by atoms with Crippen LogP contribution in [0.2, 0.25) is 0 Å². The second-order valence-corrected chi connectivity index (χ2v) is 8.46. The van der Waals surface area contributed by atoms with Crippen LogP contribution in [0.25, 0.3) is 0 Å². The fraction of sp³-hybridized carbons (Fsp3) is 0.938. The van der Waals surface area contributed by atoms with E-state index in [9.17, 15) is 4.79 Å². The SMILES string of the molecule is CC1(C)CCCC1C(=O)C1CCOC2(CCSC2)C1. The highest BCUT2D eigenvalue weighted by Crippen LogP contribution is 2.47. The van der Waals surface area contributed by atoms with E-state index in [4.69, 9.17) is 4.74 Å². The summed E-state index contributed by atoms with van der Waals surface area (Å²) in [6.45, 7) is 5.36. The number of rotatable bonds is 2. The van der Waals surface area contributed by atoms with Gasteiger partial charge in [-0.15, -0.1) is 0 Å². The zero-order chi connectivity index (χ0) is 13.5. The first kappa shape index (κ1) is 13.9. The molecule has 2 heterocycles. The standard InChI is InChI=1S/C16H26O2S/c1-15(2)6-3-4-13(15)14(17)12-5-8-18-16(10-12)7-9-19-11-16/h12-13H,3-11H2,1-2H3. The van der Waals surface area contributed by atoms with Gasteiger partial charge in [0.15, 0.2) is 0 Å². The summed E-state index contributed by atoms with van der Waals surface area (Å²) in [6, 6.07) is 0. The average Bonchev–Trinajstić information content (AvgIpc) is 2.95. The summed E-state index contributed by atoms with van der Waals surface area (Å²) in [7, 11) is 0. The molecule has 3 fully saturated rings. The van der Waals surface area contributed by atoms with Crippen molar-refractivity contribution in [3.05, 3.63) is 0 Å². The van der Waals surface area contributed by atoms with Gasteiger partial charge in [0.25, 0.3) is 0 Å². The van der Waals surface area contributed by atoms with Gasteiger partial charge >= 0.3 is 0 Å². The number of hydrogen-bond acceptors (Lipinski definition) is 3. The topological polar surface area (TPSA) is 26.3 Å². The molecule has 3 aliphatic rings. The monoisotopic (exact) mass is 282 g/mol. The van der Waals surface area contributed by atoms with E-state index in [1.807, 2.05) is 11.8 Å². The molecule has 108 valence electrons. The van der Waals surface area contributed by atoms with Crippen molar-refractivity contribution in [1.82, 2.24) is 0 Å². The number of carbonyl (C=O) groups excluding carboxylic acids is 1. The normalized spacial score (nSPS) is 41.8. The van der Waals surface area contributed by atoms with Crippen LogP contribution in [0.3, 0.4) is 0 Å². The zero-order valence-corrected chi connectivity index (χ0v) is 13.1. The Labute approximate surface area is 121 Å². The molecule has 3 heteroatoms. The molecule has 3 unspecified atom stereocenters. The van der Waals surface area contributed by atoms with Crippen LogP contribution in [0, 0.1) is 17.3 Å². The Morgan fingerprint density at radius 2 is 2.11 bits per heavy atom. The van der Waals surface area contributed by atoms with Gasteiger partial charge in [0.2, 0.25) is 0 Å². The van der Waals surface area contributed by atoms with Gasteiger partial charge < -0.3 is 4.74 Å². The molecule has 2 nitrogen and oxygen atoms in total. The van der Waals surface area contributed by atoms with E-state index in [1.54, 1.807) is 0 Å². The third-order valence-corrected chi connectivity index (χ3v) is 6.79. The van der Waals surface area contributed by atoms with Crippen molar-refractivity contribution in [1.29, 1.82) is 0 Å². The van der Waals surface area contributed by atoms with Gasteiger partial charge in [-0.3, -0.25) is 4.79 Å². The molecule has 0 N–H and O–H groups in total. The smallest absolute Gasteiger partial charge is 0.139 e. The van der Waals surface area contributed by atoms with Crippen molar-refractivity contribution in [2.45, 2.75) is 58.0 Å². The number of carbonyl (C=O) groups is 1. The van der Waals surface area contributed by atoms with Crippen LogP contribution in [0.15, 0.2) is 0 Å². The van der Waals surface area contributed by atoms with E-state index in [0.29, 0.717) is 11.7 Å². The summed E-state index contributed by atoms with van der Waals surface area (Å²) in [5, 5.41) is 0. The molecule has 2 saturated heterocycles. The summed E-state index contributed by atoms with van der Waals surface area (Å²) in [6.07, 6.45) is 6.66. The van der Waals surface area contributed by atoms with E-state index >= 15 is 0 Å². The van der Waals surface area contributed by atoms with Gasteiger partial charge in [-0.1, -0.05) is 20.3 Å². The highest BCUT2D eigenvalue weighted by Gasteiger charge is 2.47. The maximum Gasteiger partial charge on any atom is 0.139 e. The van der Waals surface area contributed by atoms with Crippen LogP contribution >= 0.6 is 11.8 Å². The molecule has 3 rings (SSSR count). The molecule has 0 bridgehead atoms. The molecular formula is C16H26O2S. The summed E-state index contributed by atoms with van der Waals surface area (Å²) in [5.74, 6) is 3.44. The number of Topliss-reactive ketones (excluding diaryl/α,β-unsaturated/α-hetero) is 1. The highest BCUT2D eigenvalue weighted by molar-refractivity contribution is 7.99. The Kier molecular flexibility index (Phi) is 3.72. The van der Waals surface area contributed by atoms with Crippen LogP contribution in [-0.2, 0) is 9.53 Å². The maximum absolute atomic E-state index is 12.9. The van der Waals surface area contributed by atoms with Crippen LogP contribution in [-0.4, -0.2) is 29.5 Å². The van der Waals surface area contributed by atoms with Gasteiger partial charge in [-0.05, 0) is 43.3 Å². The van der Waals surface area contributed by atoms with Crippen molar-refractivity contribution < 1.29 is 9.53 Å². The molecule has 0 radical (unpaired) electrons. The maximum atomic E-state index is 12.9. The molecule has 1 aliphatic carbocycles. The summed E-state index contributed by atoms with van der Waals surface area (Å²) >= 11 is 1.99. The lowest BCUT2D eigenvalue weighted by Gasteiger charge is -2.39. The molecule has 1 saturated carbocycles. The zero-order valence-electron chi connectivity index (χ0n) is 12.2. The van der Waals surface area contributed by atoms with Crippen LogP contribution < -0.4 is 0 Å². The molecule has 0 aromatic carbocycles. The minimum atomic E-state index is 0.0476. The highest BCUT2D eigenvalue weighted by atomic mass is 32.2. The second kappa shape index (κ2) is 5.07. The van der Waals surface area contributed by atoms with Crippen molar-refractivity contribution in [3.63, 3.8) is 0 Å². The van der Waals surface area contributed by atoms with E-state index in [1.165, 1.54) is 18.6 Å². The predicted molar refractivity (Wildman–Crippen MR) is 79.5 cm³/mol. The third kappa shape index (κ3) is 2.61. The minimum absolute atomic E-state index is 0.0476. The number of ketones is 1. The fourth-order valence-electron chi connectivity index (χ4n) is 4.27. The Bertz CT molecular complexity index is 358. The first-order chi connectivity index (χ1) is 9.03. The van der Waals surface area contributed by atoms with Gasteiger partial charge in [0.1, 0.15) is 5.78 Å². The first-order valence-electron chi connectivity index (χ1n) is 7.78. The van der Waals surface area contributed by atoms with Crippen molar-refractivity contribution in [2.75, 3.05) is 18.1 Å². The van der Waals surface area contributed by atoms with Crippen LogP contribution in [0.1, 0.15) is 52.4 Å². The van der Waals surface area contributed by atoms with Crippen LogP contribution in [0.5, 0.6) is 0 Å². The second-order valence-electron chi connectivity index (χ2n) is 7.36. The van der Waals surface area contributed by atoms with Crippen molar-refractivity contribution >= 4 is 17.5 Å². The Hall–Kier alpha value is -0.0200. The number of hydrogen-bond donors (Lipinski definition) is 0. The molecular weight excluding hydrogens is 256 g/mol. The van der Waals surface area contributed by atoms with Gasteiger partial charge in [-0.2, -0.15) is 11.8 Å².